The zero-order chi connectivity index (χ0) is 8.58. The quantitative estimate of drug-likeness (QED) is 0.379. The van der Waals surface area contributed by atoms with Crippen LogP contribution >= 0.6 is 0 Å². The summed E-state index contributed by atoms with van der Waals surface area (Å²) < 4.78 is 31.4. The molecular formula is C5H13NaO3SSi. The average Bonchev–Trinajstić information content (AvgIpc) is 1.59. The van der Waals surface area contributed by atoms with E-state index in [9.17, 15) is 13.0 Å². The van der Waals surface area contributed by atoms with Gasteiger partial charge in [-0.1, -0.05) is 26.6 Å². The molecule has 0 aliphatic carbocycles. The molecule has 0 aliphatic heterocycles. The maximum Gasteiger partial charge on any atom is 1.00 e. The van der Waals surface area contributed by atoms with E-state index in [0.717, 1.165) is 0 Å². The van der Waals surface area contributed by atoms with Crippen molar-refractivity contribution in [3.05, 3.63) is 0 Å². The Morgan fingerprint density at radius 3 is 1.55 bits per heavy atom. The Kier molecular flexibility index (Phi) is 5.84. The van der Waals surface area contributed by atoms with Crippen LogP contribution in [0.25, 0.3) is 0 Å². The molecule has 0 bridgehead atoms. The Bertz CT molecular complexity index is 206. The van der Waals surface area contributed by atoms with Gasteiger partial charge in [0.25, 0.3) is 0 Å². The Hall–Kier alpha value is 1.13. The van der Waals surface area contributed by atoms with Crippen LogP contribution in [0.1, 0.15) is 6.92 Å². The minimum Gasteiger partial charge on any atom is -0.748 e. The van der Waals surface area contributed by atoms with E-state index < -0.39 is 23.1 Å². The molecular weight excluding hydrogens is 191 g/mol. The van der Waals surface area contributed by atoms with Crippen molar-refractivity contribution in [3.63, 3.8) is 0 Å². The van der Waals surface area contributed by atoms with E-state index >= 15 is 0 Å². The van der Waals surface area contributed by atoms with Gasteiger partial charge in [-0.15, -0.1) is 0 Å². The van der Waals surface area contributed by atoms with E-state index in [1.807, 2.05) is 19.6 Å². The molecule has 0 aromatic rings. The maximum absolute atomic E-state index is 10.5. The van der Waals surface area contributed by atoms with Crippen molar-refractivity contribution in [2.24, 2.45) is 0 Å². The third-order valence-corrected chi connectivity index (χ3v) is 7.95. The summed E-state index contributed by atoms with van der Waals surface area (Å²) in [6, 6.07) is 0. The van der Waals surface area contributed by atoms with Gasteiger partial charge in [-0.05, 0) is 0 Å². The van der Waals surface area contributed by atoms with Crippen LogP contribution in [0.3, 0.4) is 0 Å². The van der Waals surface area contributed by atoms with Crippen molar-refractivity contribution in [1.29, 1.82) is 0 Å². The minimum atomic E-state index is -4.05. The minimum absolute atomic E-state index is 0. The van der Waals surface area contributed by atoms with Gasteiger partial charge in [0.05, 0.1) is 18.2 Å². The fourth-order valence-electron chi connectivity index (χ4n) is 0.433. The van der Waals surface area contributed by atoms with Gasteiger partial charge in [0.1, 0.15) is 0 Å². The van der Waals surface area contributed by atoms with Crippen molar-refractivity contribution in [3.8, 4) is 0 Å². The molecule has 0 amide bonds. The second-order valence-corrected chi connectivity index (χ2v) is 11.2. The normalized spacial score (nSPS) is 15.4. The second-order valence-electron chi connectivity index (χ2n) is 3.50. The molecule has 11 heavy (non-hydrogen) atoms. The molecule has 0 radical (unpaired) electrons. The van der Waals surface area contributed by atoms with Gasteiger partial charge in [-0.2, -0.15) is 0 Å². The van der Waals surface area contributed by atoms with Gasteiger partial charge in [-0.25, -0.2) is 8.42 Å². The standard InChI is InChI=1S/C5H14O3SSi.Na/c1-5(9(6,7)8)10(2,3)4;/h5H,1-4H3,(H,6,7,8);/q;+1/p-1. The summed E-state index contributed by atoms with van der Waals surface area (Å²) in [5.41, 5.74) is 0. The van der Waals surface area contributed by atoms with E-state index in [1.165, 1.54) is 6.92 Å². The zero-order valence-electron chi connectivity index (χ0n) is 7.71. The van der Waals surface area contributed by atoms with E-state index in [4.69, 9.17) is 0 Å². The molecule has 1 unspecified atom stereocenters. The molecule has 0 N–H and O–H groups in total. The second kappa shape index (κ2) is 4.39. The van der Waals surface area contributed by atoms with Crippen molar-refractivity contribution in [1.82, 2.24) is 0 Å². The Labute approximate surface area is 91.6 Å². The van der Waals surface area contributed by atoms with E-state index in [1.54, 1.807) is 0 Å². The molecule has 0 aliphatic rings. The molecule has 1 atom stereocenters. The smallest absolute Gasteiger partial charge is 0.748 e. The van der Waals surface area contributed by atoms with Gasteiger partial charge in [-0.3, -0.25) is 0 Å². The average molecular weight is 204 g/mol. The summed E-state index contributed by atoms with van der Waals surface area (Å²) in [7, 11) is -5.85. The summed E-state index contributed by atoms with van der Waals surface area (Å²) in [5.74, 6) is 0. The predicted octanol–water partition coefficient (Wildman–Crippen LogP) is -2.20. The fraction of sp³-hybridized carbons (Fsp3) is 1.00. The van der Waals surface area contributed by atoms with E-state index in [0.29, 0.717) is 0 Å². The van der Waals surface area contributed by atoms with Gasteiger partial charge in [0.2, 0.25) is 0 Å². The van der Waals surface area contributed by atoms with Crippen LogP contribution in [-0.4, -0.2) is 25.9 Å². The molecule has 62 valence electrons. The van der Waals surface area contributed by atoms with Gasteiger partial charge in [0, 0.05) is 4.87 Å². The molecule has 0 saturated heterocycles. The molecule has 0 heterocycles. The summed E-state index contributed by atoms with van der Waals surface area (Å²) in [5, 5.41) is 0. The summed E-state index contributed by atoms with van der Waals surface area (Å²) in [6.45, 7) is 7.10. The van der Waals surface area contributed by atoms with E-state index in [2.05, 4.69) is 0 Å². The van der Waals surface area contributed by atoms with Crippen LogP contribution in [0.5, 0.6) is 0 Å². The van der Waals surface area contributed by atoms with Crippen LogP contribution in [0.2, 0.25) is 19.6 Å². The Morgan fingerprint density at radius 2 is 1.55 bits per heavy atom. The van der Waals surface area contributed by atoms with Crippen LogP contribution in [0, 0.1) is 0 Å². The molecule has 0 fully saturated rings. The molecule has 3 nitrogen and oxygen atoms in total. The van der Waals surface area contributed by atoms with Crippen LogP contribution < -0.4 is 29.6 Å². The molecule has 0 aromatic carbocycles. The van der Waals surface area contributed by atoms with Gasteiger partial charge >= 0.3 is 29.6 Å². The largest absolute Gasteiger partial charge is 1.00 e. The summed E-state index contributed by atoms with van der Waals surface area (Å²) in [6.07, 6.45) is 0. The van der Waals surface area contributed by atoms with Crippen LogP contribution in [0.4, 0.5) is 0 Å². The van der Waals surface area contributed by atoms with Crippen molar-refractivity contribution >= 4 is 18.2 Å². The van der Waals surface area contributed by atoms with Crippen molar-refractivity contribution < 1.29 is 42.5 Å². The molecule has 0 saturated carbocycles. The third kappa shape index (κ3) is 5.38. The monoisotopic (exact) mass is 204 g/mol. The molecule has 0 spiro atoms. The van der Waals surface area contributed by atoms with Crippen LogP contribution in [-0.2, 0) is 10.1 Å². The first-order valence-electron chi connectivity index (χ1n) is 3.10. The maximum atomic E-state index is 10.5. The summed E-state index contributed by atoms with van der Waals surface area (Å²) in [4.78, 5) is -0.681. The van der Waals surface area contributed by atoms with Crippen molar-refractivity contribution in [2.75, 3.05) is 0 Å². The number of hydrogen-bond donors (Lipinski definition) is 0. The van der Waals surface area contributed by atoms with E-state index in [-0.39, 0.29) is 29.6 Å². The SMILES string of the molecule is CC([Si](C)(C)C)S(=O)(=O)[O-].[Na+]. The first-order valence-corrected chi connectivity index (χ1v) is 8.15. The summed E-state index contributed by atoms with van der Waals surface area (Å²) >= 11 is 0. The molecule has 0 rings (SSSR count). The van der Waals surface area contributed by atoms with Gasteiger partial charge in [0.15, 0.2) is 0 Å². The predicted molar refractivity (Wildman–Crippen MR) is 42.5 cm³/mol. The first kappa shape index (κ1) is 14.6. The van der Waals surface area contributed by atoms with Gasteiger partial charge < -0.3 is 4.55 Å². The zero-order valence-corrected chi connectivity index (χ0v) is 11.5. The Morgan fingerprint density at radius 1 is 1.27 bits per heavy atom. The third-order valence-electron chi connectivity index (χ3n) is 1.65. The first-order chi connectivity index (χ1) is 4.15. The number of rotatable bonds is 2. The molecule has 6 heteroatoms. The Balaban J connectivity index is 0. The number of hydrogen-bond acceptors (Lipinski definition) is 3. The molecule has 0 aromatic heterocycles. The van der Waals surface area contributed by atoms with Crippen molar-refractivity contribution in [2.45, 2.75) is 31.4 Å². The fourth-order valence-corrected chi connectivity index (χ4v) is 3.90. The topological polar surface area (TPSA) is 57.2 Å². The van der Waals surface area contributed by atoms with Crippen LogP contribution in [0.15, 0.2) is 0 Å².